The van der Waals surface area contributed by atoms with Crippen molar-refractivity contribution in [2.24, 2.45) is 45.3 Å². The molecule has 3 heterocycles. The minimum atomic E-state index is -1.75. The molecule has 7 aliphatic rings. The van der Waals surface area contributed by atoms with Gasteiger partial charge in [-0.05, 0) is 124 Å². The molecule has 12 N–H and O–H groups in total. The molecule has 0 aromatic carbocycles. The van der Waals surface area contributed by atoms with E-state index in [9.17, 15) is 61.3 Å². The summed E-state index contributed by atoms with van der Waals surface area (Å²) >= 11 is 0. The van der Waals surface area contributed by atoms with Crippen molar-refractivity contribution >= 4 is 0 Å². The molecule has 0 bridgehead atoms. The van der Waals surface area contributed by atoms with Crippen molar-refractivity contribution in [3.8, 4) is 0 Å². The highest BCUT2D eigenvalue weighted by Crippen LogP contribution is 2.76. The first kappa shape index (κ1) is 52.8. The third-order valence-electron chi connectivity index (χ3n) is 18.7. The number of aliphatic hydroxyl groups is 12. The van der Waals surface area contributed by atoms with E-state index < -0.39 is 151 Å². The van der Waals surface area contributed by atoms with Crippen LogP contribution in [0.1, 0.15) is 114 Å². The van der Waals surface area contributed by atoms with Crippen molar-refractivity contribution in [2.75, 3.05) is 13.2 Å². The van der Waals surface area contributed by atoms with Crippen LogP contribution in [0, 0.1) is 45.3 Å². The fourth-order valence-electron chi connectivity index (χ4n) is 14.9. The van der Waals surface area contributed by atoms with Gasteiger partial charge >= 0.3 is 0 Å². The molecule has 0 aromatic rings. The number of rotatable bonds is 12. The van der Waals surface area contributed by atoms with E-state index in [4.69, 9.17) is 28.4 Å². The summed E-state index contributed by atoms with van der Waals surface area (Å²) in [4.78, 5) is 0. The zero-order chi connectivity index (χ0) is 48.8. The van der Waals surface area contributed by atoms with Crippen LogP contribution >= 0.6 is 0 Å². The van der Waals surface area contributed by atoms with E-state index in [1.807, 2.05) is 34.6 Å². The minimum Gasteiger partial charge on any atom is -0.394 e. The number of hydrogen-bond donors (Lipinski definition) is 12. The summed E-state index contributed by atoms with van der Waals surface area (Å²) < 4.78 is 38.1. The van der Waals surface area contributed by atoms with Gasteiger partial charge in [0.25, 0.3) is 0 Å². The molecule has 18 heteroatoms. The highest BCUT2D eigenvalue weighted by atomic mass is 16.8. The van der Waals surface area contributed by atoms with Gasteiger partial charge in [0.2, 0.25) is 0 Å². The zero-order valence-corrected chi connectivity index (χ0v) is 40.2. The summed E-state index contributed by atoms with van der Waals surface area (Å²) in [5, 5.41) is 132. The van der Waals surface area contributed by atoms with E-state index in [1.165, 1.54) is 6.92 Å². The van der Waals surface area contributed by atoms with Gasteiger partial charge in [-0.3, -0.25) is 0 Å². The largest absolute Gasteiger partial charge is 0.394 e. The summed E-state index contributed by atoms with van der Waals surface area (Å²) in [6.07, 6.45) is -18.3. The molecule has 0 amide bonds. The second kappa shape index (κ2) is 19.2. The van der Waals surface area contributed by atoms with Crippen LogP contribution in [-0.2, 0) is 28.4 Å². The number of fused-ring (bicyclic) bond motifs is 5. The number of hydrogen-bond acceptors (Lipinski definition) is 18. The maximum atomic E-state index is 12.7. The molecule has 0 radical (unpaired) electrons. The van der Waals surface area contributed by atoms with Crippen LogP contribution in [-0.4, -0.2) is 191 Å². The van der Waals surface area contributed by atoms with Gasteiger partial charge in [-0.15, -0.1) is 0 Å². The van der Waals surface area contributed by atoms with Crippen molar-refractivity contribution in [3.63, 3.8) is 0 Å². The van der Waals surface area contributed by atoms with Gasteiger partial charge in [0, 0.05) is 0 Å². The number of ether oxygens (including phenoxy) is 6. The lowest BCUT2D eigenvalue weighted by Crippen LogP contribution is -2.71. The average Bonchev–Trinajstić information content (AvgIpc) is 3.64. The predicted octanol–water partition coefficient (Wildman–Crippen LogP) is -0.0284. The fourth-order valence-corrected chi connectivity index (χ4v) is 14.9. The summed E-state index contributed by atoms with van der Waals surface area (Å²) in [6.45, 7) is 16.8. The van der Waals surface area contributed by atoms with Crippen LogP contribution in [0.25, 0.3) is 0 Å². The standard InChI is InChI=1S/C48H82O18/c1-21(2)11-10-14-48(9,66-42-38(60)35(57)32(54)26(19-49)63-42)23-12-16-46(7)30(23)24(51)17-28-45(6)15-13-29(52)44(4,5)40(45)25(18-47(28,46)8)62-43-39(36(58)33(55)27(20-50)64-43)65-41-37(59)34(56)31(53)22(3)61-41/h11,22-43,49-60H,10,12-20H2,1-9H3/t22-,23-,24+,25-,26+,27+,28?,29-,30-,31-,32+,33+,34+,35-,36-,37+,38+,39+,40?,41-,42-,43+,45+,46+,47+,48-/m0/s1. The molecule has 7 fully saturated rings. The Morgan fingerprint density at radius 3 is 1.89 bits per heavy atom. The highest BCUT2D eigenvalue weighted by molar-refractivity contribution is 5.22. The number of aliphatic hydroxyl groups excluding tert-OH is 12. The monoisotopic (exact) mass is 947 g/mol. The number of allylic oxidation sites excluding steroid dienone is 2. The molecule has 4 aliphatic carbocycles. The molecule has 3 aliphatic heterocycles. The molecule has 18 nitrogen and oxygen atoms in total. The quantitative estimate of drug-likeness (QED) is 0.0904. The summed E-state index contributed by atoms with van der Waals surface area (Å²) in [7, 11) is 0. The van der Waals surface area contributed by atoms with Gasteiger partial charge in [0.05, 0.1) is 43.2 Å². The van der Waals surface area contributed by atoms with Crippen molar-refractivity contribution in [2.45, 2.75) is 230 Å². The van der Waals surface area contributed by atoms with Crippen LogP contribution in [0.3, 0.4) is 0 Å². The van der Waals surface area contributed by atoms with Crippen LogP contribution in [0.15, 0.2) is 11.6 Å². The first-order chi connectivity index (χ1) is 30.7. The Morgan fingerprint density at radius 2 is 1.27 bits per heavy atom. The Hall–Kier alpha value is -0.980. The SMILES string of the molecule is CC(C)=CCC[C@](C)(O[C@@H]1O[C@H](CO)[C@@H](O)[C@H](O)[C@H]1O)[C@H]1CC[C@]2(C)[C@@H]1[C@H](O)CC1[C@@]3(C)CC[C@H](O)C(C)(C)C3[C@@H](O[C@@H]3O[C@H](CO)[C@@H](O)[C@H](O)[C@H]3O[C@@H]3O[C@@H](C)[C@H](O)[C@@H](O)[C@H]3O)C[C@]12C. The molecule has 382 valence electrons. The summed E-state index contributed by atoms with van der Waals surface area (Å²) in [6, 6.07) is 0. The van der Waals surface area contributed by atoms with Gasteiger partial charge in [0.15, 0.2) is 18.9 Å². The molecule has 0 aromatic heterocycles. The van der Waals surface area contributed by atoms with Crippen molar-refractivity contribution in [1.29, 1.82) is 0 Å². The molecule has 3 saturated heterocycles. The molecule has 4 saturated carbocycles. The first-order valence-corrected chi connectivity index (χ1v) is 24.3. The molecular weight excluding hydrogens is 865 g/mol. The molecular formula is C48H82O18. The van der Waals surface area contributed by atoms with Gasteiger partial charge in [-0.25, -0.2) is 0 Å². The molecule has 7 rings (SSSR count). The average molecular weight is 947 g/mol. The van der Waals surface area contributed by atoms with E-state index in [2.05, 4.69) is 26.8 Å². The third kappa shape index (κ3) is 8.69. The van der Waals surface area contributed by atoms with Gasteiger partial charge in [-0.2, -0.15) is 0 Å². The zero-order valence-electron chi connectivity index (χ0n) is 40.2. The maximum Gasteiger partial charge on any atom is 0.187 e. The van der Waals surface area contributed by atoms with Crippen LogP contribution in [0.5, 0.6) is 0 Å². The molecule has 2 unspecified atom stereocenters. The minimum absolute atomic E-state index is 0.0861. The van der Waals surface area contributed by atoms with Crippen molar-refractivity contribution in [1.82, 2.24) is 0 Å². The fraction of sp³-hybridized carbons (Fsp3) is 0.958. The maximum absolute atomic E-state index is 12.7. The van der Waals surface area contributed by atoms with E-state index >= 15 is 0 Å². The Labute approximate surface area is 388 Å². The van der Waals surface area contributed by atoms with Crippen molar-refractivity contribution < 1.29 is 89.7 Å². The van der Waals surface area contributed by atoms with Crippen LogP contribution in [0.2, 0.25) is 0 Å². The predicted molar refractivity (Wildman–Crippen MR) is 234 cm³/mol. The lowest BCUT2D eigenvalue weighted by atomic mass is 9.34. The van der Waals surface area contributed by atoms with E-state index in [0.29, 0.717) is 51.4 Å². The highest BCUT2D eigenvalue weighted by Gasteiger charge is 2.74. The van der Waals surface area contributed by atoms with Crippen LogP contribution in [0.4, 0.5) is 0 Å². The smallest absolute Gasteiger partial charge is 0.187 e. The van der Waals surface area contributed by atoms with Crippen LogP contribution < -0.4 is 0 Å². The molecule has 26 atom stereocenters. The summed E-state index contributed by atoms with van der Waals surface area (Å²) in [5.74, 6) is -1.12. The topological polar surface area (TPSA) is 298 Å². The second-order valence-corrected chi connectivity index (χ2v) is 23.0. The lowest BCUT2D eigenvalue weighted by Gasteiger charge is -2.72. The molecule has 66 heavy (non-hydrogen) atoms. The first-order valence-electron chi connectivity index (χ1n) is 24.3. The van der Waals surface area contributed by atoms with E-state index in [0.717, 1.165) is 5.57 Å². The Kier molecular flexibility index (Phi) is 15.4. The Balaban J connectivity index is 1.27. The van der Waals surface area contributed by atoms with E-state index in [1.54, 1.807) is 0 Å². The van der Waals surface area contributed by atoms with E-state index in [-0.39, 0.29) is 23.7 Å². The second-order valence-electron chi connectivity index (χ2n) is 23.0. The molecule has 0 spiro atoms. The normalized spacial score (nSPS) is 53.5. The van der Waals surface area contributed by atoms with Crippen molar-refractivity contribution in [3.05, 3.63) is 11.6 Å². The summed E-state index contributed by atoms with van der Waals surface area (Å²) in [5.41, 5.74) is -2.43. The van der Waals surface area contributed by atoms with Gasteiger partial charge < -0.3 is 89.7 Å². The third-order valence-corrected chi connectivity index (χ3v) is 18.7. The van der Waals surface area contributed by atoms with Gasteiger partial charge in [0.1, 0.15) is 67.1 Å². The van der Waals surface area contributed by atoms with Gasteiger partial charge in [-0.1, -0.05) is 46.3 Å². The Bertz CT molecular complexity index is 1700. The Morgan fingerprint density at radius 1 is 0.682 bits per heavy atom. The lowest BCUT2D eigenvalue weighted by molar-refractivity contribution is -0.382.